The van der Waals surface area contributed by atoms with Crippen LogP contribution >= 0.6 is 22.6 Å². The smallest absolute Gasteiger partial charge is 0.139 e. The van der Waals surface area contributed by atoms with Gasteiger partial charge in [0.15, 0.2) is 0 Å². The minimum absolute atomic E-state index is 0.354. The maximum atomic E-state index is 4.49. The molecule has 0 saturated heterocycles. The molecule has 1 heterocycles. The average Bonchev–Trinajstić information content (AvgIpc) is 2.73. The molecule has 0 aliphatic heterocycles. The standard InChI is InChI=1S/C15H19IN2/c1-15(2,3)7-9-18-10-8-17-14(18)12-5-4-6-13(16)11-12/h4-6,8,10-11H,7,9H2,1-3H3. The van der Waals surface area contributed by atoms with Crippen molar-refractivity contribution in [2.24, 2.45) is 5.41 Å². The van der Waals surface area contributed by atoms with Gasteiger partial charge in [-0.2, -0.15) is 0 Å². The van der Waals surface area contributed by atoms with Crippen LogP contribution in [0.3, 0.4) is 0 Å². The number of hydrogen-bond donors (Lipinski definition) is 0. The largest absolute Gasteiger partial charge is 0.331 e. The number of benzene rings is 1. The monoisotopic (exact) mass is 354 g/mol. The Kier molecular flexibility index (Phi) is 4.10. The zero-order chi connectivity index (χ0) is 13.2. The number of nitrogens with zero attached hydrogens (tertiary/aromatic N) is 2. The number of halogens is 1. The van der Waals surface area contributed by atoms with Crippen molar-refractivity contribution >= 4 is 22.6 Å². The van der Waals surface area contributed by atoms with Crippen molar-refractivity contribution in [2.75, 3.05) is 0 Å². The van der Waals surface area contributed by atoms with Crippen LogP contribution in [-0.2, 0) is 6.54 Å². The Hall–Kier alpha value is -0.840. The molecular formula is C15H19IN2. The Morgan fingerprint density at radius 1 is 1.28 bits per heavy atom. The van der Waals surface area contributed by atoms with Gasteiger partial charge in [0.1, 0.15) is 5.82 Å². The molecule has 2 aromatic rings. The predicted octanol–water partition coefficient (Wildman–Crippen LogP) is 4.59. The van der Waals surface area contributed by atoms with Crippen molar-refractivity contribution in [3.8, 4) is 11.4 Å². The van der Waals surface area contributed by atoms with Crippen molar-refractivity contribution < 1.29 is 0 Å². The number of rotatable bonds is 3. The minimum Gasteiger partial charge on any atom is -0.331 e. The molecule has 0 spiro atoms. The molecule has 1 aromatic heterocycles. The van der Waals surface area contributed by atoms with Gasteiger partial charge in [0.2, 0.25) is 0 Å². The van der Waals surface area contributed by atoms with Crippen molar-refractivity contribution in [3.63, 3.8) is 0 Å². The maximum Gasteiger partial charge on any atom is 0.139 e. The fourth-order valence-electron chi connectivity index (χ4n) is 1.83. The molecule has 0 amide bonds. The summed E-state index contributed by atoms with van der Waals surface area (Å²) in [6, 6.07) is 8.49. The normalized spacial score (nSPS) is 11.8. The van der Waals surface area contributed by atoms with Gasteiger partial charge in [-0.05, 0) is 46.6 Å². The molecule has 0 fully saturated rings. The van der Waals surface area contributed by atoms with E-state index in [1.54, 1.807) is 0 Å². The first-order valence-electron chi connectivity index (χ1n) is 6.23. The van der Waals surface area contributed by atoms with Gasteiger partial charge in [-0.25, -0.2) is 4.98 Å². The minimum atomic E-state index is 0.354. The van der Waals surface area contributed by atoms with E-state index >= 15 is 0 Å². The van der Waals surface area contributed by atoms with E-state index in [1.807, 2.05) is 6.20 Å². The summed E-state index contributed by atoms with van der Waals surface area (Å²) < 4.78 is 3.49. The van der Waals surface area contributed by atoms with Crippen LogP contribution < -0.4 is 0 Å². The lowest BCUT2D eigenvalue weighted by Crippen LogP contribution is -2.10. The highest BCUT2D eigenvalue weighted by Gasteiger charge is 2.12. The molecule has 1 aromatic carbocycles. The zero-order valence-electron chi connectivity index (χ0n) is 11.2. The number of imidazole rings is 1. The second-order valence-corrected chi connectivity index (χ2v) is 7.01. The molecule has 18 heavy (non-hydrogen) atoms. The first-order chi connectivity index (χ1) is 8.46. The third-order valence-corrected chi connectivity index (χ3v) is 3.57. The Balaban J connectivity index is 2.23. The Bertz CT molecular complexity index is 523. The van der Waals surface area contributed by atoms with Gasteiger partial charge in [-0.3, -0.25) is 0 Å². The Morgan fingerprint density at radius 2 is 2.06 bits per heavy atom. The van der Waals surface area contributed by atoms with Crippen LogP contribution in [-0.4, -0.2) is 9.55 Å². The highest BCUT2D eigenvalue weighted by Crippen LogP contribution is 2.23. The van der Waals surface area contributed by atoms with E-state index in [2.05, 4.69) is 83.4 Å². The average molecular weight is 354 g/mol. The van der Waals surface area contributed by atoms with Gasteiger partial charge in [0, 0.05) is 28.1 Å². The number of aryl methyl sites for hydroxylation is 1. The van der Waals surface area contributed by atoms with Gasteiger partial charge < -0.3 is 4.57 Å². The fourth-order valence-corrected chi connectivity index (χ4v) is 2.38. The molecule has 0 aliphatic rings. The van der Waals surface area contributed by atoms with E-state index < -0.39 is 0 Å². The molecular weight excluding hydrogens is 335 g/mol. The molecule has 0 atom stereocenters. The van der Waals surface area contributed by atoms with E-state index in [9.17, 15) is 0 Å². The second-order valence-electron chi connectivity index (χ2n) is 5.77. The number of hydrogen-bond acceptors (Lipinski definition) is 1. The predicted molar refractivity (Wildman–Crippen MR) is 84.5 cm³/mol. The van der Waals surface area contributed by atoms with E-state index in [4.69, 9.17) is 0 Å². The summed E-state index contributed by atoms with van der Waals surface area (Å²) in [7, 11) is 0. The summed E-state index contributed by atoms with van der Waals surface area (Å²) >= 11 is 2.34. The molecule has 0 saturated carbocycles. The van der Waals surface area contributed by atoms with Gasteiger partial charge in [0.25, 0.3) is 0 Å². The molecule has 2 rings (SSSR count). The van der Waals surface area contributed by atoms with E-state index in [0.717, 1.165) is 18.8 Å². The first-order valence-corrected chi connectivity index (χ1v) is 7.31. The second kappa shape index (κ2) is 5.43. The van der Waals surface area contributed by atoms with Crippen LogP contribution in [0.25, 0.3) is 11.4 Å². The van der Waals surface area contributed by atoms with Crippen molar-refractivity contribution in [1.29, 1.82) is 0 Å². The van der Waals surface area contributed by atoms with Gasteiger partial charge in [-0.1, -0.05) is 32.9 Å². The zero-order valence-corrected chi connectivity index (χ0v) is 13.3. The molecule has 96 valence electrons. The molecule has 0 bridgehead atoms. The summed E-state index contributed by atoms with van der Waals surface area (Å²) in [4.78, 5) is 4.49. The van der Waals surface area contributed by atoms with Gasteiger partial charge in [-0.15, -0.1) is 0 Å². The highest BCUT2D eigenvalue weighted by molar-refractivity contribution is 14.1. The van der Waals surface area contributed by atoms with E-state index in [0.29, 0.717) is 5.41 Å². The summed E-state index contributed by atoms with van der Waals surface area (Å²) in [6.45, 7) is 7.84. The molecule has 2 nitrogen and oxygen atoms in total. The highest BCUT2D eigenvalue weighted by atomic mass is 127. The van der Waals surface area contributed by atoms with Crippen LogP contribution in [0.2, 0.25) is 0 Å². The van der Waals surface area contributed by atoms with Crippen LogP contribution in [0.15, 0.2) is 36.7 Å². The van der Waals surface area contributed by atoms with Crippen molar-refractivity contribution in [1.82, 2.24) is 9.55 Å². The third-order valence-electron chi connectivity index (χ3n) is 2.90. The van der Waals surface area contributed by atoms with Crippen LogP contribution in [0.1, 0.15) is 27.2 Å². The van der Waals surface area contributed by atoms with Gasteiger partial charge in [0.05, 0.1) is 0 Å². The van der Waals surface area contributed by atoms with Crippen molar-refractivity contribution in [3.05, 3.63) is 40.2 Å². The molecule has 0 radical (unpaired) electrons. The summed E-state index contributed by atoms with van der Waals surface area (Å²) in [5.41, 5.74) is 1.55. The summed E-state index contributed by atoms with van der Waals surface area (Å²) in [6.07, 6.45) is 5.11. The fraction of sp³-hybridized carbons (Fsp3) is 0.400. The Morgan fingerprint density at radius 3 is 2.72 bits per heavy atom. The summed E-state index contributed by atoms with van der Waals surface area (Å²) in [5.74, 6) is 1.07. The molecule has 0 N–H and O–H groups in total. The first kappa shape index (κ1) is 13.6. The lowest BCUT2D eigenvalue weighted by molar-refractivity contribution is 0.351. The van der Waals surface area contributed by atoms with E-state index in [1.165, 1.54) is 9.13 Å². The maximum absolute atomic E-state index is 4.49. The topological polar surface area (TPSA) is 17.8 Å². The third kappa shape index (κ3) is 3.57. The van der Waals surface area contributed by atoms with E-state index in [-0.39, 0.29) is 0 Å². The van der Waals surface area contributed by atoms with Crippen LogP contribution in [0, 0.1) is 8.99 Å². The lowest BCUT2D eigenvalue weighted by Gasteiger charge is -2.19. The van der Waals surface area contributed by atoms with Crippen LogP contribution in [0.4, 0.5) is 0 Å². The Labute approximate surface area is 123 Å². The summed E-state index contributed by atoms with van der Waals surface area (Å²) in [5, 5.41) is 0. The van der Waals surface area contributed by atoms with Crippen molar-refractivity contribution in [2.45, 2.75) is 33.7 Å². The molecule has 0 aliphatic carbocycles. The molecule has 0 unspecified atom stereocenters. The van der Waals surface area contributed by atoms with Gasteiger partial charge >= 0.3 is 0 Å². The SMILES string of the molecule is CC(C)(C)CCn1ccnc1-c1cccc(I)c1. The molecule has 3 heteroatoms. The van der Waals surface area contributed by atoms with Crippen LogP contribution in [0.5, 0.6) is 0 Å². The lowest BCUT2D eigenvalue weighted by atomic mass is 9.92. The number of aromatic nitrogens is 2. The quantitative estimate of drug-likeness (QED) is 0.737.